The van der Waals surface area contributed by atoms with Gasteiger partial charge >= 0.3 is 0 Å². The minimum Gasteiger partial charge on any atom is -0.308 e. The van der Waals surface area contributed by atoms with Crippen LogP contribution in [0.25, 0.3) is 10.2 Å². The van der Waals surface area contributed by atoms with E-state index in [1.54, 1.807) is 4.90 Å². The lowest BCUT2D eigenvalue weighted by atomic mass is 10.2. The molecule has 0 bridgehead atoms. The third kappa shape index (κ3) is 5.05. The van der Waals surface area contributed by atoms with E-state index >= 15 is 0 Å². The second kappa shape index (κ2) is 9.42. The van der Waals surface area contributed by atoms with Gasteiger partial charge in [-0.1, -0.05) is 27.3 Å². The summed E-state index contributed by atoms with van der Waals surface area (Å²) in [4.78, 5) is 31.6. The first-order chi connectivity index (χ1) is 12.8. The number of nitro groups is 1. The van der Waals surface area contributed by atoms with Crippen LogP contribution in [0.2, 0.25) is 0 Å². The standard InChI is InChI=1S/C18H17BrN4O3S.ClH/c1-21(2)9-10-22(17(24)12-3-6-14(7-4-12)23(25)26)18-20-15-8-5-13(19)11-16(15)27-18;/h3-8,11H,9-10H2,1-2H3;1H. The Bertz CT molecular complexity index is 994. The van der Waals surface area contributed by atoms with Crippen molar-refractivity contribution in [2.75, 3.05) is 32.1 Å². The number of thiazole rings is 1. The zero-order chi connectivity index (χ0) is 19.6. The first-order valence-electron chi connectivity index (χ1n) is 8.12. The molecule has 0 aliphatic rings. The predicted octanol–water partition coefficient (Wildman–Crippen LogP) is 4.60. The lowest BCUT2D eigenvalue weighted by Gasteiger charge is -2.22. The fraction of sp³-hybridized carbons (Fsp3) is 0.222. The van der Waals surface area contributed by atoms with Gasteiger partial charge in [-0.15, -0.1) is 12.4 Å². The highest BCUT2D eigenvalue weighted by Gasteiger charge is 2.22. The zero-order valence-corrected chi connectivity index (χ0v) is 18.4. The first-order valence-corrected chi connectivity index (χ1v) is 9.73. The summed E-state index contributed by atoms with van der Waals surface area (Å²) in [5.41, 5.74) is 1.17. The maximum Gasteiger partial charge on any atom is 0.269 e. The largest absolute Gasteiger partial charge is 0.308 e. The molecule has 0 aliphatic carbocycles. The highest BCUT2D eigenvalue weighted by atomic mass is 79.9. The number of amides is 1. The van der Waals surface area contributed by atoms with Crippen LogP contribution < -0.4 is 4.90 Å². The Kier molecular flexibility index (Phi) is 7.48. The fourth-order valence-electron chi connectivity index (χ4n) is 2.47. The van der Waals surface area contributed by atoms with Gasteiger partial charge in [0.15, 0.2) is 5.13 Å². The molecule has 10 heteroatoms. The van der Waals surface area contributed by atoms with E-state index in [0.717, 1.165) is 14.7 Å². The Hall–Kier alpha value is -2.07. The van der Waals surface area contributed by atoms with Crippen molar-refractivity contribution in [1.29, 1.82) is 0 Å². The average molecular weight is 486 g/mol. The minimum atomic E-state index is -0.483. The minimum absolute atomic E-state index is 0. The molecular weight excluding hydrogens is 468 g/mol. The second-order valence-electron chi connectivity index (χ2n) is 6.17. The van der Waals surface area contributed by atoms with Crippen molar-refractivity contribution in [2.45, 2.75) is 0 Å². The van der Waals surface area contributed by atoms with E-state index in [9.17, 15) is 14.9 Å². The van der Waals surface area contributed by atoms with Crippen LogP contribution >= 0.6 is 39.7 Å². The van der Waals surface area contributed by atoms with Gasteiger partial charge in [-0.05, 0) is 44.4 Å². The maximum atomic E-state index is 13.1. The molecule has 0 saturated heterocycles. The Balaban J connectivity index is 0.00000280. The van der Waals surface area contributed by atoms with Crippen molar-refractivity contribution in [2.24, 2.45) is 0 Å². The summed E-state index contributed by atoms with van der Waals surface area (Å²) in [5, 5.41) is 11.4. The number of carbonyl (C=O) groups excluding carboxylic acids is 1. The molecule has 0 radical (unpaired) electrons. The molecule has 2 aromatic carbocycles. The van der Waals surface area contributed by atoms with Crippen LogP contribution in [0.4, 0.5) is 10.8 Å². The van der Waals surface area contributed by atoms with E-state index in [2.05, 4.69) is 20.9 Å². The average Bonchev–Trinajstić information content (AvgIpc) is 3.04. The monoisotopic (exact) mass is 484 g/mol. The molecule has 0 atom stereocenters. The fourth-order valence-corrected chi connectivity index (χ4v) is 4.01. The van der Waals surface area contributed by atoms with E-state index in [-0.39, 0.29) is 24.0 Å². The SMILES string of the molecule is CN(C)CCN(C(=O)c1ccc([N+](=O)[O-])cc1)c1nc2ccc(Br)cc2s1.Cl. The number of benzene rings is 2. The summed E-state index contributed by atoms with van der Waals surface area (Å²) in [6.45, 7) is 1.13. The number of anilines is 1. The maximum absolute atomic E-state index is 13.1. The third-order valence-electron chi connectivity index (χ3n) is 3.91. The van der Waals surface area contributed by atoms with Gasteiger partial charge in [0.25, 0.3) is 11.6 Å². The van der Waals surface area contributed by atoms with Gasteiger partial charge in [-0.3, -0.25) is 19.8 Å². The van der Waals surface area contributed by atoms with Crippen molar-refractivity contribution in [3.63, 3.8) is 0 Å². The Morgan fingerprint density at radius 3 is 2.46 bits per heavy atom. The lowest BCUT2D eigenvalue weighted by Crippen LogP contribution is -2.36. The molecule has 0 N–H and O–H groups in total. The topological polar surface area (TPSA) is 79.6 Å². The van der Waals surface area contributed by atoms with Gasteiger partial charge in [-0.25, -0.2) is 4.98 Å². The summed E-state index contributed by atoms with van der Waals surface area (Å²) < 4.78 is 1.93. The summed E-state index contributed by atoms with van der Waals surface area (Å²) in [6, 6.07) is 11.4. The molecule has 7 nitrogen and oxygen atoms in total. The van der Waals surface area contributed by atoms with Crippen LogP contribution in [0.15, 0.2) is 46.9 Å². The van der Waals surface area contributed by atoms with Gasteiger partial charge < -0.3 is 4.90 Å². The number of nitrogens with zero attached hydrogens (tertiary/aromatic N) is 4. The van der Waals surface area contributed by atoms with E-state index in [1.165, 1.54) is 35.6 Å². The third-order valence-corrected chi connectivity index (χ3v) is 5.45. The van der Waals surface area contributed by atoms with Crippen molar-refractivity contribution < 1.29 is 9.72 Å². The Morgan fingerprint density at radius 1 is 1.18 bits per heavy atom. The molecule has 0 unspecified atom stereocenters. The summed E-state index contributed by atoms with van der Waals surface area (Å²) >= 11 is 4.89. The molecule has 0 fully saturated rings. The number of fused-ring (bicyclic) bond motifs is 1. The second-order valence-corrected chi connectivity index (χ2v) is 8.10. The Morgan fingerprint density at radius 2 is 1.86 bits per heavy atom. The van der Waals surface area contributed by atoms with E-state index in [4.69, 9.17) is 0 Å². The predicted molar refractivity (Wildman–Crippen MR) is 118 cm³/mol. The number of nitro benzene ring substituents is 1. The van der Waals surface area contributed by atoms with Gasteiger partial charge in [0.2, 0.25) is 0 Å². The normalized spacial score (nSPS) is 10.7. The molecule has 3 rings (SSSR count). The van der Waals surface area contributed by atoms with Crippen LogP contribution in [-0.2, 0) is 0 Å². The highest BCUT2D eigenvalue weighted by molar-refractivity contribution is 9.10. The van der Waals surface area contributed by atoms with Crippen molar-refractivity contribution in [3.05, 3.63) is 62.6 Å². The summed E-state index contributed by atoms with van der Waals surface area (Å²) in [7, 11) is 3.87. The van der Waals surface area contributed by atoms with E-state index in [0.29, 0.717) is 23.8 Å². The molecule has 1 aromatic heterocycles. The van der Waals surface area contributed by atoms with Crippen molar-refractivity contribution in [3.8, 4) is 0 Å². The molecule has 3 aromatic rings. The number of likely N-dealkylation sites (N-methyl/N-ethyl adjacent to an activating group) is 1. The van der Waals surface area contributed by atoms with Gasteiger partial charge in [0.1, 0.15) is 0 Å². The van der Waals surface area contributed by atoms with Gasteiger partial charge in [-0.2, -0.15) is 0 Å². The van der Waals surface area contributed by atoms with Crippen LogP contribution in [0, 0.1) is 10.1 Å². The molecule has 0 spiro atoms. The number of rotatable bonds is 6. The molecule has 0 aliphatic heterocycles. The van der Waals surface area contributed by atoms with Crippen molar-refractivity contribution >= 4 is 66.6 Å². The van der Waals surface area contributed by atoms with Crippen molar-refractivity contribution in [1.82, 2.24) is 9.88 Å². The molecule has 1 heterocycles. The van der Waals surface area contributed by atoms with Gasteiger partial charge in [0, 0.05) is 35.3 Å². The molecule has 1 amide bonds. The summed E-state index contributed by atoms with van der Waals surface area (Å²) in [5.74, 6) is -0.232. The molecule has 28 heavy (non-hydrogen) atoms. The Labute approximate surface area is 180 Å². The smallest absolute Gasteiger partial charge is 0.269 e. The molecule has 148 valence electrons. The van der Waals surface area contributed by atoms with Crippen LogP contribution in [0.1, 0.15) is 10.4 Å². The number of non-ortho nitro benzene ring substituents is 1. The number of hydrogen-bond donors (Lipinski definition) is 0. The number of aromatic nitrogens is 1. The molecule has 0 saturated carbocycles. The number of carbonyl (C=O) groups is 1. The van der Waals surface area contributed by atoms with Gasteiger partial charge in [0.05, 0.1) is 15.1 Å². The van der Waals surface area contributed by atoms with E-state index in [1.807, 2.05) is 37.2 Å². The summed E-state index contributed by atoms with van der Waals surface area (Å²) in [6.07, 6.45) is 0. The first kappa shape index (κ1) is 22.2. The van der Waals surface area contributed by atoms with Crippen LogP contribution in [0.5, 0.6) is 0 Å². The lowest BCUT2D eigenvalue weighted by molar-refractivity contribution is -0.384. The van der Waals surface area contributed by atoms with Crippen LogP contribution in [-0.4, -0.2) is 47.9 Å². The number of hydrogen-bond acceptors (Lipinski definition) is 6. The van der Waals surface area contributed by atoms with E-state index < -0.39 is 4.92 Å². The van der Waals surface area contributed by atoms with Crippen LogP contribution in [0.3, 0.4) is 0 Å². The zero-order valence-electron chi connectivity index (χ0n) is 15.2. The molecular formula is C18H18BrClN4O3S. The highest BCUT2D eigenvalue weighted by Crippen LogP contribution is 2.31. The number of halogens is 2. The quantitative estimate of drug-likeness (QED) is 0.377.